The van der Waals surface area contributed by atoms with Gasteiger partial charge < -0.3 is 9.47 Å². The van der Waals surface area contributed by atoms with Crippen LogP contribution in [0.4, 0.5) is 0 Å². The largest absolute Gasteiger partial charge is 0.370 e. The summed E-state index contributed by atoms with van der Waals surface area (Å²) in [6, 6.07) is 0. The SMILES string of the molecule is C=C1COCC[N+]12CCOCC2. The molecule has 2 aliphatic heterocycles. The molecule has 0 N–H and O–H groups in total. The second-order valence-corrected chi connectivity index (χ2v) is 3.55. The van der Waals surface area contributed by atoms with E-state index in [1.807, 2.05) is 0 Å². The van der Waals surface area contributed by atoms with Crippen molar-refractivity contribution < 1.29 is 14.0 Å². The highest BCUT2D eigenvalue weighted by Crippen LogP contribution is 2.22. The van der Waals surface area contributed by atoms with Gasteiger partial charge in [0, 0.05) is 0 Å². The lowest BCUT2D eigenvalue weighted by atomic mass is 10.2. The fourth-order valence-electron chi connectivity index (χ4n) is 1.96. The highest BCUT2D eigenvalue weighted by molar-refractivity contribution is 4.87. The van der Waals surface area contributed by atoms with E-state index in [-0.39, 0.29) is 0 Å². The highest BCUT2D eigenvalue weighted by atomic mass is 16.5. The zero-order chi connectivity index (χ0) is 8.44. The molecule has 2 saturated heterocycles. The summed E-state index contributed by atoms with van der Waals surface area (Å²) in [5.74, 6) is 0. The summed E-state index contributed by atoms with van der Waals surface area (Å²) in [7, 11) is 0. The third-order valence-corrected chi connectivity index (χ3v) is 2.93. The van der Waals surface area contributed by atoms with Crippen molar-refractivity contribution in [3.8, 4) is 0 Å². The maximum Gasteiger partial charge on any atom is 0.128 e. The summed E-state index contributed by atoms with van der Waals surface area (Å²) in [6.45, 7) is 10.7. The van der Waals surface area contributed by atoms with Crippen LogP contribution >= 0.6 is 0 Å². The van der Waals surface area contributed by atoms with Crippen molar-refractivity contribution in [2.24, 2.45) is 0 Å². The van der Waals surface area contributed by atoms with Gasteiger partial charge in [-0.1, -0.05) is 0 Å². The van der Waals surface area contributed by atoms with E-state index in [1.165, 1.54) is 5.70 Å². The molecule has 2 fully saturated rings. The van der Waals surface area contributed by atoms with Crippen LogP contribution in [0.3, 0.4) is 0 Å². The maximum atomic E-state index is 5.35. The highest BCUT2D eigenvalue weighted by Gasteiger charge is 2.36. The van der Waals surface area contributed by atoms with Crippen LogP contribution in [-0.4, -0.2) is 50.5 Å². The van der Waals surface area contributed by atoms with Crippen molar-refractivity contribution in [2.45, 2.75) is 0 Å². The topological polar surface area (TPSA) is 18.5 Å². The zero-order valence-corrected chi connectivity index (χ0v) is 7.42. The van der Waals surface area contributed by atoms with E-state index in [4.69, 9.17) is 9.47 Å². The first-order valence-corrected chi connectivity index (χ1v) is 4.53. The minimum atomic E-state index is 0.736. The Morgan fingerprint density at radius 3 is 2.25 bits per heavy atom. The monoisotopic (exact) mass is 170 g/mol. The summed E-state index contributed by atoms with van der Waals surface area (Å²) in [6.07, 6.45) is 0. The number of hydrogen-bond donors (Lipinski definition) is 0. The Morgan fingerprint density at radius 1 is 1.00 bits per heavy atom. The molecule has 0 radical (unpaired) electrons. The first kappa shape index (κ1) is 8.23. The molecule has 3 nitrogen and oxygen atoms in total. The minimum absolute atomic E-state index is 0.736. The van der Waals surface area contributed by atoms with Crippen LogP contribution in [-0.2, 0) is 9.47 Å². The lowest BCUT2D eigenvalue weighted by Crippen LogP contribution is -2.58. The van der Waals surface area contributed by atoms with Crippen LogP contribution in [0.2, 0.25) is 0 Å². The van der Waals surface area contributed by atoms with Gasteiger partial charge in [-0.3, -0.25) is 4.48 Å². The third-order valence-electron chi connectivity index (χ3n) is 2.93. The molecule has 0 atom stereocenters. The van der Waals surface area contributed by atoms with Gasteiger partial charge >= 0.3 is 0 Å². The average molecular weight is 170 g/mol. The predicted molar refractivity (Wildman–Crippen MR) is 45.6 cm³/mol. The molecule has 1 spiro atoms. The van der Waals surface area contributed by atoms with Gasteiger partial charge in [0.15, 0.2) is 0 Å². The molecule has 0 aromatic carbocycles. The summed E-state index contributed by atoms with van der Waals surface area (Å²) < 4.78 is 11.7. The predicted octanol–water partition coefficient (Wildman–Crippen LogP) is 0.377. The van der Waals surface area contributed by atoms with Crippen LogP contribution in [0.5, 0.6) is 0 Å². The lowest BCUT2D eigenvalue weighted by molar-refractivity contribution is -0.906. The van der Waals surface area contributed by atoms with Crippen LogP contribution in [0, 0.1) is 0 Å². The van der Waals surface area contributed by atoms with E-state index < -0.39 is 0 Å². The Hall–Kier alpha value is -0.380. The Bertz CT molecular complexity index is 177. The first-order valence-electron chi connectivity index (χ1n) is 4.53. The van der Waals surface area contributed by atoms with E-state index in [1.54, 1.807) is 0 Å². The van der Waals surface area contributed by atoms with Gasteiger partial charge in [0.1, 0.15) is 31.9 Å². The number of ether oxygens (including phenoxy) is 2. The molecule has 2 aliphatic rings. The molecule has 0 unspecified atom stereocenters. The number of hydrogen-bond acceptors (Lipinski definition) is 2. The van der Waals surface area contributed by atoms with E-state index in [0.29, 0.717) is 0 Å². The average Bonchev–Trinajstić information content (AvgIpc) is 2.12. The molecule has 2 rings (SSSR count). The van der Waals surface area contributed by atoms with Gasteiger partial charge in [0.05, 0.1) is 19.8 Å². The Labute approximate surface area is 73.2 Å². The van der Waals surface area contributed by atoms with Gasteiger partial charge in [-0.2, -0.15) is 0 Å². The normalized spacial score (nSPS) is 29.2. The fourth-order valence-corrected chi connectivity index (χ4v) is 1.96. The summed E-state index contributed by atoms with van der Waals surface area (Å²) in [4.78, 5) is 0. The fraction of sp³-hybridized carbons (Fsp3) is 0.778. The first-order chi connectivity index (χ1) is 5.83. The smallest absolute Gasteiger partial charge is 0.128 e. The molecule has 0 saturated carbocycles. The molecule has 12 heavy (non-hydrogen) atoms. The van der Waals surface area contributed by atoms with E-state index in [2.05, 4.69) is 6.58 Å². The van der Waals surface area contributed by atoms with Gasteiger partial charge in [0.25, 0.3) is 0 Å². The molecule has 0 aromatic rings. The molecular formula is C9H16NO2+. The van der Waals surface area contributed by atoms with Crippen LogP contribution in [0.1, 0.15) is 0 Å². The van der Waals surface area contributed by atoms with Crippen molar-refractivity contribution >= 4 is 0 Å². The minimum Gasteiger partial charge on any atom is -0.370 e. The molecule has 2 heterocycles. The summed E-state index contributed by atoms with van der Waals surface area (Å²) >= 11 is 0. The van der Waals surface area contributed by atoms with Gasteiger partial charge in [-0.05, 0) is 6.58 Å². The lowest BCUT2D eigenvalue weighted by Gasteiger charge is -2.44. The van der Waals surface area contributed by atoms with Gasteiger partial charge in [-0.25, -0.2) is 0 Å². The van der Waals surface area contributed by atoms with Crippen LogP contribution in [0.15, 0.2) is 12.3 Å². The number of nitrogens with zero attached hydrogens (tertiary/aromatic N) is 1. The second-order valence-electron chi connectivity index (χ2n) is 3.55. The van der Waals surface area contributed by atoms with Gasteiger partial charge in [-0.15, -0.1) is 0 Å². The van der Waals surface area contributed by atoms with Crippen LogP contribution < -0.4 is 0 Å². The molecule has 3 heteroatoms. The number of rotatable bonds is 0. The Morgan fingerprint density at radius 2 is 1.58 bits per heavy atom. The van der Waals surface area contributed by atoms with Crippen molar-refractivity contribution in [1.29, 1.82) is 0 Å². The quantitative estimate of drug-likeness (QED) is 0.489. The Balaban J connectivity index is 2.09. The van der Waals surface area contributed by atoms with Crippen molar-refractivity contribution in [3.05, 3.63) is 12.3 Å². The maximum absolute atomic E-state index is 5.35. The van der Waals surface area contributed by atoms with Crippen molar-refractivity contribution in [3.63, 3.8) is 0 Å². The van der Waals surface area contributed by atoms with E-state index in [0.717, 1.165) is 50.5 Å². The molecule has 0 aromatic heterocycles. The standard InChI is InChI=1S/C9H16NO2/c1-9-8-12-7-4-10(9)2-5-11-6-3-10/h1-8H2/q+1. The van der Waals surface area contributed by atoms with Crippen LogP contribution in [0.25, 0.3) is 0 Å². The van der Waals surface area contributed by atoms with Crippen molar-refractivity contribution in [1.82, 2.24) is 0 Å². The second kappa shape index (κ2) is 3.17. The Kier molecular flexibility index (Phi) is 2.17. The van der Waals surface area contributed by atoms with E-state index >= 15 is 0 Å². The number of quaternary nitrogens is 1. The molecule has 0 amide bonds. The molecule has 68 valence electrons. The molecule has 0 aliphatic carbocycles. The van der Waals surface area contributed by atoms with Crippen molar-refractivity contribution in [2.75, 3.05) is 46.1 Å². The number of morpholine rings is 2. The molecular weight excluding hydrogens is 154 g/mol. The zero-order valence-electron chi connectivity index (χ0n) is 7.42. The summed E-state index contributed by atoms with van der Waals surface area (Å²) in [5, 5.41) is 0. The summed E-state index contributed by atoms with van der Waals surface area (Å²) in [5.41, 5.74) is 1.23. The van der Waals surface area contributed by atoms with E-state index in [9.17, 15) is 0 Å². The molecule has 0 bridgehead atoms. The van der Waals surface area contributed by atoms with Gasteiger partial charge in [0.2, 0.25) is 0 Å². The third kappa shape index (κ3) is 1.28.